The number of aromatic nitrogens is 4. The van der Waals surface area contributed by atoms with E-state index in [-0.39, 0.29) is 17.8 Å². The molecule has 0 aliphatic carbocycles. The topological polar surface area (TPSA) is 144 Å². The first kappa shape index (κ1) is 17.4. The maximum Gasteiger partial charge on any atom is 0.287 e. The molecular weight excluding hydrogens is 356 g/mol. The second-order valence-electron chi connectivity index (χ2n) is 5.33. The van der Waals surface area contributed by atoms with Crippen LogP contribution in [0.5, 0.6) is 0 Å². The number of nitrogens with one attached hydrogen (secondary N) is 2. The van der Waals surface area contributed by atoms with Crippen molar-refractivity contribution in [3.63, 3.8) is 0 Å². The quantitative estimate of drug-likeness (QED) is 0.511. The van der Waals surface area contributed by atoms with Crippen LogP contribution in [-0.2, 0) is 16.0 Å². The third kappa shape index (κ3) is 3.81. The Kier molecular flexibility index (Phi) is 5.13. The van der Waals surface area contributed by atoms with E-state index in [0.717, 1.165) is 5.56 Å². The number of Topliss-reactive ketones (excluding diaryl/α,β-unsaturated/α-hetero) is 1. The molecular formula is C16H14N6O3S. The lowest BCUT2D eigenvalue weighted by Crippen LogP contribution is -2.47. The molecule has 0 spiro atoms. The Morgan fingerprint density at radius 3 is 2.73 bits per heavy atom. The minimum atomic E-state index is -1.12. The van der Waals surface area contributed by atoms with Crippen LogP contribution in [0.2, 0.25) is 0 Å². The highest BCUT2D eigenvalue weighted by molar-refractivity contribution is 7.07. The number of aromatic amines is 1. The zero-order valence-electron chi connectivity index (χ0n) is 13.4. The summed E-state index contributed by atoms with van der Waals surface area (Å²) in [5.41, 5.74) is 6.56. The van der Waals surface area contributed by atoms with Gasteiger partial charge in [0.05, 0.1) is 5.69 Å². The normalized spacial score (nSPS) is 11.7. The first-order valence-electron chi connectivity index (χ1n) is 7.54. The number of amides is 2. The molecule has 26 heavy (non-hydrogen) atoms. The predicted octanol–water partition coefficient (Wildman–Crippen LogP) is 0.324. The Bertz CT molecular complexity index is 923. The molecule has 0 fully saturated rings. The van der Waals surface area contributed by atoms with Crippen molar-refractivity contribution in [3.05, 3.63) is 52.5 Å². The van der Waals surface area contributed by atoms with Crippen molar-refractivity contribution in [2.24, 2.45) is 5.73 Å². The van der Waals surface area contributed by atoms with Gasteiger partial charge in [0.25, 0.3) is 11.8 Å². The average Bonchev–Trinajstić information content (AvgIpc) is 3.32. The fourth-order valence-corrected chi connectivity index (χ4v) is 3.00. The summed E-state index contributed by atoms with van der Waals surface area (Å²) in [6.45, 7) is 0. The van der Waals surface area contributed by atoms with Crippen LogP contribution in [-0.4, -0.2) is 44.0 Å². The number of carbonyl (C=O) groups is 3. The molecule has 0 saturated heterocycles. The van der Waals surface area contributed by atoms with Gasteiger partial charge in [-0.05, 0) is 34.5 Å². The van der Waals surface area contributed by atoms with Gasteiger partial charge < -0.3 is 11.1 Å². The lowest BCUT2D eigenvalue weighted by Gasteiger charge is -2.15. The number of H-pyrrole nitrogens is 1. The molecule has 0 saturated carbocycles. The largest absolute Gasteiger partial charge is 0.363 e. The highest BCUT2D eigenvalue weighted by Crippen LogP contribution is 2.17. The van der Waals surface area contributed by atoms with Crippen molar-refractivity contribution in [2.45, 2.75) is 12.5 Å². The molecule has 3 aromatic rings. The van der Waals surface area contributed by atoms with Gasteiger partial charge in [0.15, 0.2) is 5.69 Å². The van der Waals surface area contributed by atoms with Crippen molar-refractivity contribution in [3.8, 4) is 11.4 Å². The lowest BCUT2D eigenvalue weighted by molar-refractivity contribution is -0.137. The zero-order valence-corrected chi connectivity index (χ0v) is 14.2. The molecule has 4 N–H and O–H groups in total. The number of hydrogen-bond donors (Lipinski definition) is 3. The summed E-state index contributed by atoms with van der Waals surface area (Å²) in [5, 5.41) is 16.3. The summed E-state index contributed by atoms with van der Waals surface area (Å²) in [5.74, 6) is -2.66. The highest BCUT2D eigenvalue weighted by atomic mass is 32.1. The second kappa shape index (κ2) is 7.66. The zero-order chi connectivity index (χ0) is 18.5. The Balaban J connectivity index is 1.83. The average molecular weight is 370 g/mol. The molecule has 3 aromatic heterocycles. The molecule has 0 aliphatic heterocycles. The fourth-order valence-electron chi connectivity index (χ4n) is 2.32. The van der Waals surface area contributed by atoms with Crippen molar-refractivity contribution in [1.82, 2.24) is 25.7 Å². The van der Waals surface area contributed by atoms with Gasteiger partial charge in [0.2, 0.25) is 5.78 Å². The summed E-state index contributed by atoms with van der Waals surface area (Å²) in [6, 6.07) is 5.85. The van der Waals surface area contributed by atoms with Gasteiger partial charge in [0, 0.05) is 12.6 Å². The van der Waals surface area contributed by atoms with Gasteiger partial charge in [-0.1, -0.05) is 6.07 Å². The third-order valence-corrected chi connectivity index (χ3v) is 4.29. The summed E-state index contributed by atoms with van der Waals surface area (Å²) < 4.78 is 0. The Hall–Kier alpha value is -3.40. The number of ketones is 1. The van der Waals surface area contributed by atoms with Crippen LogP contribution in [0.15, 0.2) is 41.2 Å². The molecule has 0 radical (unpaired) electrons. The van der Waals surface area contributed by atoms with Crippen LogP contribution in [0.1, 0.15) is 16.1 Å². The van der Waals surface area contributed by atoms with Crippen LogP contribution >= 0.6 is 11.3 Å². The molecule has 2 amide bonds. The van der Waals surface area contributed by atoms with E-state index in [9.17, 15) is 14.4 Å². The van der Waals surface area contributed by atoms with Gasteiger partial charge in [-0.15, -0.1) is 0 Å². The number of pyridine rings is 1. The van der Waals surface area contributed by atoms with E-state index in [4.69, 9.17) is 5.73 Å². The summed E-state index contributed by atoms with van der Waals surface area (Å²) >= 11 is 1.44. The van der Waals surface area contributed by atoms with Gasteiger partial charge in [-0.25, -0.2) is 0 Å². The Morgan fingerprint density at radius 2 is 2.08 bits per heavy atom. The molecule has 0 aliphatic rings. The first-order chi connectivity index (χ1) is 12.6. The number of carbonyl (C=O) groups excluding carboxylic acids is 3. The van der Waals surface area contributed by atoms with E-state index in [2.05, 4.69) is 25.7 Å². The number of primary amides is 1. The molecule has 9 nitrogen and oxygen atoms in total. The lowest BCUT2D eigenvalue weighted by atomic mass is 10.0. The monoisotopic (exact) mass is 370 g/mol. The SMILES string of the molecule is NC(=O)C(=O)C(Cc1ccsc1)NC(=O)c1n[nH]nc1-c1ccccn1. The van der Waals surface area contributed by atoms with Crippen molar-refractivity contribution in [2.75, 3.05) is 0 Å². The Morgan fingerprint density at radius 1 is 1.23 bits per heavy atom. The molecule has 1 unspecified atom stereocenters. The van der Waals surface area contributed by atoms with Gasteiger partial charge >= 0.3 is 0 Å². The number of nitrogens with zero attached hydrogens (tertiary/aromatic N) is 3. The van der Waals surface area contributed by atoms with Crippen molar-refractivity contribution in [1.29, 1.82) is 0 Å². The highest BCUT2D eigenvalue weighted by Gasteiger charge is 2.28. The number of hydrogen-bond acceptors (Lipinski definition) is 7. The molecule has 1 atom stereocenters. The van der Waals surface area contributed by atoms with Crippen LogP contribution in [0.4, 0.5) is 0 Å². The fraction of sp³-hybridized carbons (Fsp3) is 0.125. The summed E-state index contributed by atoms with van der Waals surface area (Å²) in [4.78, 5) is 40.1. The van der Waals surface area contributed by atoms with Gasteiger partial charge in [0.1, 0.15) is 11.7 Å². The maximum atomic E-state index is 12.6. The van der Waals surface area contributed by atoms with Crippen LogP contribution in [0.3, 0.4) is 0 Å². The second-order valence-corrected chi connectivity index (χ2v) is 6.11. The van der Waals surface area contributed by atoms with Gasteiger partial charge in [-0.3, -0.25) is 19.4 Å². The predicted molar refractivity (Wildman–Crippen MR) is 93.1 cm³/mol. The third-order valence-electron chi connectivity index (χ3n) is 3.56. The molecule has 0 aromatic carbocycles. The van der Waals surface area contributed by atoms with Crippen molar-refractivity contribution >= 4 is 28.9 Å². The summed E-state index contributed by atoms with van der Waals surface area (Å²) in [6.07, 6.45) is 1.70. The molecule has 132 valence electrons. The number of rotatable bonds is 7. The first-order valence-corrected chi connectivity index (χ1v) is 8.48. The standard InChI is InChI=1S/C16H14N6O3S/c17-15(24)14(23)11(7-9-4-6-26-8-9)19-16(25)13-12(20-22-21-13)10-3-1-2-5-18-10/h1-6,8,11H,7H2,(H2,17,24)(H,19,25)(H,20,21,22). The van der Waals surface area contributed by atoms with E-state index >= 15 is 0 Å². The molecule has 3 heterocycles. The van der Waals surface area contributed by atoms with E-state index in [1.807, 2.05) is 10.8 Å². The van der Waals surface area contributed by atoms with Gasteiger partial charge in [-0.2, -0.15) is 26.7 Å². The van der Waals surface area contributed by atoms with Crippen LogP contribution in [0.25, 0.3) is 11.4 Å². The minimum absolute atomic E-state index is 0.0312. The molecule has 10 heteroatoms. The van der Waals surface area contributed by atoms with E-state index in [0.29, 0.717) is 5.69 Å². The smallest absolute Gasteiger partial charge is 0.287 e. The van der Waals surface area contributed by atoms with E-state index < -0.39 is 23.6 Å². The van der Waals surface area contributed by atoms with Crippen LogP contribution in [0, 0.1) is 0 Å². The molecule has 0 bridgehead atoms. The minimum Gasteiger partial charge on any atom is -0.363 e. The number of thiophene rings is 1. The van der Waals surface area contributed by atoms with E-state index in [1.165, 1.54) is 11.3 Å². The van der Waals surface area contributed by atoms with Crippen molar-refractivity contribution < 1.29 is 14.4 Å². The molecule has 3 rings (SSSR count). The van der Waals surface area contributed by atoms with Crippen LogP contribution < -0.4 is 11.1 Å². The Labute approximate surface area is 151 Å². The van der Waals surface area contributed by atoms with E-state index in [1.54, 1.807) is 30.5 Å². The summed E-state index contributed by atoms with van der Waals surface area (Å²) in [7, 11) is 0. The maximum absolute atomic E-state index is 12.6. The number of nitrogens with two attached hydrogens (primary N) is 1.